The van der Waals surface area contributed by atoms with Gasteiger partial charge in [0.15, 0.2) is 0 Å². The molecule has 1 rings (SSSR count). The highest BCUT2D eigenvalue weighted by Crippen LogP contribution is 2.11. The second-order valence-corrected chi connectivity index (χ2v) is 4.12. The highest BCUT2D eigenvalue weighted by molar-refractivity contribution is 5.85. The molecule has 0 spiro atoms. The van der Waals surface area contributed by atoms with Crippen LogP contribution in [0, 0.1) is 11.8 Å². The Labute approximate surface area is 97.3 Å². The molecule has 1 saturated heterocycles. The van der Waals surface area contributed by atoms with Gasteiger partial charge in [-0.1, -0.05) is 6.92 Å². The molecule has 0 saturated carbocycles. The van der Waals surface area contributed by atoms with Crippen molar-refractivity contribution in [1.82, 2.24) is 5.32 Å². The van der Waals surface area contributed by atoms with E-state index in [0.717, 1.165) is 26.2 Å². The van der Waals surface area contributed by atoms with Crippen LogP contribution in [0.2, 0.25) is 0 Å². The zero-order chi connectivity index (χ0) is 10.6. The molecule has 5 heteroatoms. The Balaban J connectivity index is 0.00000196. The third-order valence-corrected chi connectivity index (χ3v) is 2.79. The van der Waals surface area contributed by atoms with Crippen molar-refractivity contribution in [2.24, 2.45) is 17.6 Å². The largest absolute Gasteiger partial charge is 0.381 e. The van der Waals surface area contributed by atoms with Gasteiger partial charge in [0.1, 0.15) is 0 Å². The third kappa shape index (κ3) is 4.82. The Morgan fingerprint density at radius 1 is 1.60 bits per heavy atom. The normalized spacial score (nSPS) is 24.1. The summed E-state index contributed by atoms with van der Waals surface area (Å²) in [5.74, 6) is 0.420. The van der Waals surface area contributed by atoms with Crippen LogP contribution in [0.4, 0.5) is 0 Å². The molecule has 0 aliphatic carbocycles. The predicted molar refractivity (Wildman–Crippen MR) is 62.0 cm³/mol. The lowest BCUT2D eigenvalue weighted by Gasteiger charge is -2.16. The van der Waals surface area contributed by atoms with Gasteiger partial charge in [0.25, 0.3) is 0 Å². The van der Waals surface area contributed by atoms with Crippen molar-refractivity contribution in [2.75, 3.05) is 19.8 Å². The first-order chi connectivity index (χ1) is 6.61. The predicted octanol–water partition coefficient (Wildman–Crippen LogP) is 0.544. The zero-order valence-electron chi connectivity index (χ0n) is 9.36. The molecular weight excluding hydrogens is 216 g/mol. The number of hydrogen-bond donors (Lipinski definition) is 2. The summed E-state index contributed by atoms with van der Waals surface area (Å²) in [4.78, 5) is 11.5. The number of amides is 1. The fourth-order valence-corrected chi connectivity index (χ4v) is 1.39. The van der Waals surface area contributed by atoms with Gasteiger partial charge < -0.3 is 15.8 Å². The lowest BCUT2D eigenvalue weighted by atomic mass is 10.0. The molecular formula is C10H21ClN2O2. The Hall–Kier alpha value is -0.320. The number of halogens is 1. The minimum Gasteiger partial charge on any atom is -0.381 e. The van der Waals surface area contributed by atoms with Gasteiger partial charge in [0.2, 0.25) is 5.91 Å². The zero-order valence-corrected chi connectivity index (χ0v) is 10.2. The van der Waals surface area contributed by atoms with Crippen LogP contribution in [0.15, 0.2) is 0 Å². The van der Waals surface area contributed by atoms with Crippen molar-refractivity contribution in [3.63, 3.8) is 0 Å². The summed E-state index contributed by atoms with van der Waals surface area (Å²) in [5, 5.41) is 2.91. The molecule has 0 aromatic heterocycles. The highest BCUT2D eigenvalue weighted by atomic mass is 35.5. The summed E-state index contributed by atoms with van der Waals surface area (Å²) in [7, 11) is 0. The van der Waals surface area contributed by atoms with Gasteiger partial charge in [-0.05, 0) is 13.3 Å². The molecule has 0 aromatic rings. The van der Waals surface area contributed by atoms with Crippen LogP contribution in [0.3, 0.4) is 0 Å². The molecule has 3 N–H and O–H groups in total. The standard InChI is InChI=1S/C10H20N2O2.ClH/c1-7(8(2)11)10(13)12-5-9-3-4-14-6-9;/h7-9H,3-6,11H2,1-2H3,(H,12,13);1H. The molecule has 1 fully saturated rings. The van der Waals surface area contributed by atoms with Crippen LogP contribution >= 0.6 is 12.4 Å². The van der Waals surface area contributed by atoms with Gasteiger partial charge in [-0.2, -0.15) is 0 Å². The Morgan fingerprint density at radius 2 is 2.27 bits per heavy atom. The van der Waals surface area contributed by atoms with E-state index in [1.165, 1.54) is 0 Å². The molecule has 0 aromatic carbocycles. The van der Waals surface area contributed by atoms with E-state index in [1.54, 1.807) is 0 Å². The van der Waals surface area contributed by atoms with Crippen molar-refractivity contribution >= 4 is 18.3 Å². The summed E-state index contributed by atoms with van der Waals surface area (Å²) in [6.45, 7) is 6.01. The quantitative estimate of drug-likeness (QED) is 0.749. The van der Waals surface area contributed by atoms with E-state index >= 15 is 0 Å². The summed E-state index contributed by atoms with van der Waals surface area (Å²) >= 11 is 0. The molecule has 90 valence electrons. The molecule has 4 nitrogen and oxygen atoms in total. The van der Waals surface area contributed by atoms with Gasteiger partial charge in [0.05, 0.1) is 6.61 Å². The summed E-state index contributed by atoms with van der Waals surface area (Å²) in [6, 6.07) is -0.0881. The van der Waals surface area contributed by atoms with Gasteiger partial charge in [-0.3, -0.25) is 4.79 Å². The topological polar surface area (TPSA) is 64.4 Å². The maximum atomic E-state index is 11.5. The number of ether oxygens (including phenoxy) is 1. The number of hydrogen-bond acceptors (Lipinski definition) is 3. The summed E-state index contributed by atoms with van der Waals surface area (Å²) < 4.78 is 5.22. The van der Waals surface area contributed by atoms with Crippen molar-refractivity contribution in [2.45, 2.75) is 26.3 Å². The van der Waals surface area contributed by atoms with Gasteiger partial charge >= 0.3 is 0 Å². The van der Waals surface area contributed by atoms with Crippen LogP contribution in [0.1, 0.15) is 20.3 Å². The Bertz CT molecular complexity index is 194. The molecule has 0 radical (unpaired) electrons. The highest BCUT2D eigenvalue weighted by Gasteiger charge is 2.20. The van der Waals surface area contributed by atoms with Crippen LogP contribution < -0.4 is 11.1 Å². The Morgan fingerprint density at radius 3 is 2.73 bits per heavy atom. The first-order valence-corrected chi connectivity index (χ1v) is 5.22. The van der Waals surface area contributed by atoms with Gasteiger partial charge in [-0.25, -0.2) is 0 Å². The average molecular weight is 237 g/mol. The number of nitrogens with two attached hydrogens (primary N) is 1. The molecule has 3 unspecified atom stereocenters. The van der Waals surface area contributed by atoms with E-state index in [9.17, 15) is 4.79 Å². The first kappa shape index (κ1) is 14.7. The molecule has 1 aliphatic rings. The smallest absolute Gasteiger partial charge is 0.224 e. The van der Waals surface area contributed by atoms with E-state index in [2.05, 4.69) is 5.32 Å². The number of carbonyl (C=O) groups excluding carboxylic acids is 1. The minimum absolute atomic E-state index is 0. The maximum Gasteiger partial charge on any atom is 0.224 e. The SMILES string of the molecule is CC(N)C(C)C(=O)NCC1CCOC1.Cl. The van der Waals surface area contributed by atoms with Crippen molar-refractivity contribution in [3.8, 4) is 0 Å². The first-order valence-electron chi connectivity index (χ1n) is 5.22. The fourth-order valence-electron chi connectivity index (χ4n) is 1.39. The average Bonchev–Trinajstić information content (AvgIpc) is 2.65. The van der Waals surface area contributed by atoms with E-state index in [1.807, 2.05) is 13.8 Å². The lowest BCUT2D eigenvalue weighted by Crippen LogP contribution is -2.40. The maximum absolute atomic E-state index is 11.5. The number of rotatable bonds is 4. The van der Waals surface area contributed by atoms with Crippen molar-refractivity contribution in [3.05, 3.63) is 0 Å². The van der Waals surface area contributed by atoms with Crippen molar-refractivity contribution < 1.29 is 9.53 Å². The monoisotopic (exact) mass is 236 g/mol. The van der Waals surface area contributed by atoms with Crippen LogP contribution in [-0.4, -0.2) is 31.7 Å². The van der Waals surface area contributed by atoms with Gasteiger partial charge in [0, 0.05) is 31.0 Å². The number of carbonyl (C=O) groups is 1. The summed E-state index contributed by atoms with van der Waals surface area (Å²) in [5.41, 5.74) is 5.64. The van der Waals surface area contributed by atoms with Crippen LogP contribution in [0.5, 0.6) is 0 Å². The lowest BCUT2D eigenvalue weighted by molar-refractivity contribution is -0.125. The Kier molecular flexibility index (Phi) is 6.89. The molecule has 1 heterocycles. The van der Waals surface area contributed by atoms with Crippen LogP contribution in [0.25, 0.3) is 0 Å². The van der Waals surface area contributed by atoms with Crippen LogP contribution in [-0.2, 0) is 9.53 Å². The fraction of sp³-hybridized carbons (Fsp3) is 0.900. The van der Waals surface area contributed by atoms with E-state index in [0.29, 0.717) is 5.92 Å². The van der Waals surface area contributed by atoms with E-state index in [-0.39, 0.29) is 30.3 Å². The van der Waals surface area contributed by atoms with Crippen molar-refractivity contribution in [1.29, 1.82) is 0 Å². The molecule has 0 bridgehead atoms. The van der Waals surface area contributed by atoms with Gasteiger partial charge in [-0.15, -0.1) is 12.4 Å². The second kappa shape index (κ2) is 7.04. The molecule has 1 amide bonds. The molecule has 3 atom stereocenters. The van der Waals surface area contributed by atoms with E-state index < -0.39 is 0 Å². The molecule has 1 aliphatic heterocycles. The minimum atomic E-state index is -0.114. The molecule has 15 heavy (non-hydrogen) atoms. The third-order valence-electron chi connectivity index (χ3n) is 2.79. The van der Waals surface area contributed by atoms with E-state index in [4.69, 9.17) is 10.5 Å². The number of nitrogens with one attached hydrogen (secondary N) is 1. The second-order valence-electron chi connectivity index (χ2n) is 4.12. The summed E-state index contributed by atoms with van der Waals surface area (Å²) in [6.07, 6.45) is 1.05.